The predicted octanol–water partition coefficient (Wildman–Crippen LogP) is 0.183. The van der Waals surface area contributed by atoms with Crippen LogP contribution in [0.1, 0.15) is 0 Å². The molecule has 1 fully saturated rings. The SMILES string of the molecule is COc1nc(NCCO)nc(-c2ccc(N3CCOCC3)nc2)n1. The third-order valence-electron chi connectivity index (χ3n) is 3.53. The summed E-state index contributed by atoms with van der Waals surface area (Å²) in [6, 6.07) is 4.07. The average molecular weight is 332 g/mol. The normalized spacial score (nSPS) is 14.5. The lowest BCUT2D eigenvalue weighted by Gasteiger charge is -2.27. The van der Waals surface area contributed by atoms with Crippen molar-refractivity contribution in [2.24, 2.45) is 0 Å². The predicted molar refractivity (Wildman–Crippen MR) is 88.2 cm³/mol. The van der Waals surface area contributed by atoms with Crippen LogP contribution in [0.4, 0.5) is 11.8 Å². The molecule has 0 spiro atoms. The summed E-state index contributed by atoms with van der Waals surface area (Å²) in [4.78, 5) is 19.4. The maximum atomic E-state index is 8.91. The van der Waals surface area contributed by atoms with Crippen LogP contribution >= 0.6 is 0 Å². The van der Waals surface area contributed by atoms with Crippen molar-refractivity contribution in [3.8, 4) is 17.4 Å². The fourth-order valence-corrected chi connectivity index (χ4v) is 2.32. The van der Waals surface area contributed by atoms with Crippen LogP contribution in [0.25, 0.3) is 11.4 Å². The molecular weight excluding hydrogens is 312 g/mol. The molecule has 3 rings (SSSR count). The van der Waals surface area contributed by atoms with Crippen LogP contribution in [0.15, 0.2) is 18.3 Å². The van der Waals surface area contributed by atoms with Gasteiger partial charge in [0, 0.05) is 31.4 Å². The molecule has 1 aliphatic rings. The van der Waals surface area contributed by atoms with Crippen molar-refractivity contribution in [1.29, 1.82) is 0 Å². The van der Waals surface area contributed by atoms with E-state index >= 15 is 0 Å². The largest absolute Gasteiger partial charge is 0.467 e. The van der Waals surface area contributed by atoms with Crippen molar-refractivity contribution in [3.63, 3.8) is 0 Å². The van der Waals surface area contributed by atoms with Gasteiger partial charge in [-0.05, 0) is 12.1 Å². The highest BCUT2D eigenvalue weighted by Gasteiger charge is 2.14. The molecule has 0 aromatic carbocycles. The van der Waals surface area contributed by atoms with Crippen molar-refractivity contribution in [2.75, 3.05) is 56.8 Å². The Labute approximate surface area is 139 Å². The third-order valence-corrected chi connectivity index (χ3v) is 3.53. The highest BCUT2D eigenvalue weighted by molar-refractivity contribution is 5.58. The molecule has 3 heterocycles. The second-order valence-electron chi connectivity index (χ2n) is 5.12. The van der Waals surface area contributed by atoms with Gasteiger partial charge in [-0.15, -0.1) is 0 Å². The smallest absolute Gasteiger partial charge is 0.321 e. The Bertz CT molecular complexity index is 661. The molecular formula is C15H20N6O3. The van der Waals surface area contributed by atoms with E-state index in [0.29, 0.717) is 31.5 Å². The number of aliphatic hydroxyl groups excluding tert-OH is 1. The zero-order valence-electron chi connectivity index (χ0n) is 13.5. The number of rotatable bonds is 6. The van der Waals surface area contributed by atoms with E-state index in [0.717, 1.165) is 24.5 Å². The lowest BCUT2D eigenvalue weighted by atomic mass is 10.2. The van der Waals surface area contributed by atoms with Gasteiger partial charge in [-0.25, -0.2) is 4.98 Å². The molecule has 1 aliphatic heterocycles. The monoisotopic (exact) mass is 332 g/mol. The van der Waals surface area contributed by atoms with Crippen LogP contribution in [-0.2, 0) is 4.74 Å². The van der Waals surface area contributed by atoms with Gasteiger partial charge in [-0.1, -0.05) is 0 Å². The van der Waals surface area contributed by atoms with Gasteiger partial charge < -0.3 is 24.8 Å². The van der Waals surface area contributed by atoms with E-state index in [2.05, 4.69) is 30.2 Å². The first-order valence-corrected chi connectivity index (χ1v) is 7.74. The van der Waals surface area contributed by atoms with E-state index in [1.165, 1.54) is 7.11 Å². The second kappa shape index (κ2) is 7.84. The molecule has 1 saturated heterocycles. The summed E-state index contributed by atoms with van der Waals surface area (Å²) in [5.41, 5.74) is 0.764. The molecule has 24 heavy (non-hydrogen) atoms. The number of nitrogens with one attached hydrogen (secondary N) is 1. The van der Waals surface area contributed by atoms with Gasteiger partial charge >= 0.3 is 6.01 Å². The Balaban J connectivity index is 1.82. The van der Waals surface area contributed by atoms with Crippen molar-refractivity contribution >= 4 is 11.8 Å². The fourth-order valence-electron chi connectivity index (χ4n) is 2.32. The highest BCUT2D eigenvalue weighted by Crippen LogP contribution is 2.21. The summed E-state index contributed by atoms with van der Waals surface area (Å²) in [5.74, 6) is 1.72. The van der Waals surface area contributed by atoms with Crippen LogP contribution in [0.2, 0.25) is 0 Å². The molecule has 9 nitrogen and oxygen atoms in total. The Kier molecular flexibility index (Phi) is 5.34. The Morgan fingerprint density at radius 2 is 2.08 bits per heavy atom. The number of hydrogen-bond donors (Lipinski definition) is 2. The summed E-state index contributed by atoms with van der Waals surface area (Å²) in [7, 11) is 1.49. The number of anilines is 2. The van der Waals surface area contributed by atoms with Gasteiger partial charge in [0.15, 0.2) is 5.82 Å². The van der Waals surface area contributed by atoms with Crippen molar-refractivity contribution < 1.29 is 14.6 Å². The van der Waals surface area contributed by atoms with E-state index in [4.69, 9.17) is 14.6 Å². The van der Waals surface area contributed by atoms with Crippen LogP contribution in [0.3, 0.4) is 0 Å². The lowest BCUT2D eigenvalue weighted by Crippen LogP contribution is -2.36. The molecule has 128 valence electrons. The van der Waals surface area contributed by atoms with E-state index in [1.807, 2.05) is 12.1 Å². The zero-order chi connectivity index (χ0) is 16.8. The number of pyridine rings is 1. The van der Waals surface area contributed by atoms with Gasteiger partial charge in [-0.3, -0.25) is 0 Å². The summed E-state index contributed by atoms with van der Waals surface area (Å²) in [5, 5.41) is 11.8. The molecule has 0 radical (unpaired) electrons. The molecule has 2 aromatic rings. The number of methoxy groups -OCH3 is 1. The standard InChI is InChI=1S/C15H20N6O3/c1-23-15-19-13(18-14(20-15)16-4-7-22)11-2-3-12(17-10-11)21-5-8-24-9-6-21/h2-3,10,22H,4-9H2,1H3,(H,16,18,19,20). The first-order chi connectivity index (χ1) is 11.8. The molecule has 0 unspecified atom stereocenters. The molecule has 0 saturated carbocycles. The van der Waals surface area contributed by atoms with Gasteiger partial charge in [0.2, 0.25) is 5.95 Å². The van der Waals surface area contributed by atoms with Crippen LogP contribution < -0.4 is 15.0 Å². The van der Waals surface area contributed by atoms with Gasteiger partial charge in [0.05, 0.1) is 26.9 Å². The average Bonchev–Trinajstić information content (AvgIpc) is 2.67. The quantitative estimate of drug-likeness (QED) is 0.766. The molecule has 0 atom stereocenters. The number of nitrogens with zero attached hydrogens (tertiary/aromatic N) is 5. The molecule has 0 amide bonds. The summed E-state index contributed by atoms with van der Waals surface area (Å²) < 4.78 is 10.5. The topological polar surface area (TPSA) is 106 Å². The van der Waals surface area contributed by atoms with Gasteiger partial charge in [-0.2, -0.15) is 15.0 Å². The maximum absolute atomic E-state index is 8.91. The molecule has 2 aromatic heterocycles. The minimum atomic E-state index is -0.0147. The van der Waals surface area contributed by atoms with E-state index in [9.17, 15) is 0 Å². The summed E-state index contributed by atoms with van der Waals surface area (Å²) in [6.45, 7) is 3.43. The fraction of sp³-hybridized carbons (Fsp3) is 0.467. The summed E-state index contributed by atoms with van der Waals surface area (Å²) >= 11 is 0. The number of aromatic nitrogens is 4. The van der Waals surface area contributed by atoms with E-state index < -0.39 is 0 Å². The highest BCUT2D eigenvalue weighted by atomic mass is 16.5. The van der Waals surface area contributed by atoms with Crippen molar-refractivity contribution in [3.05, 3.63) is 18.3 Å². The number of hydrogen-bond acceptors (Lipinski definition) is 9. The molecule has 0 aliphatic carbocycles. The maximum Gasteiger partial charge on any atom is 0.321 e. The first kappa shape index (κ1) is 16.3. The lowest BCUT2D eigenvalue weighted by molar-refractivity contribution is 0.122. The number of ether oxygens (including phenoxy) is 2. The number of morpholine rings is 1. The minimum Gasteiger partial charge on any atom is -0.467 e. The van der Waals surface area contributed by atoms with E-state index in [-0.39, 0.29) is 12.6 Å². The van der Waals surface area contributed by atoms with E-state index in [1.54, 1.807) is 6.20 Å². The Morgan fingerprint density at radius 3 is 2.75 bits per heavy atom. The Morgan fingerprint density at radius 1 is 1.25 bits per heavy atom. The van der Waals surface area contributed by atoms with Gasteiger partial charge in [0.25, 0.3) is 0 Å². The zero-order valence-corrected chi connectivity index (χ0v) is 13.5. The first-order valence-electron chi connectivity index (χ1n) is 7.74. The van der Waals surface area contributed by atoms with Crippen LogP contribution in [-0.4, -0.2) is 71.6 Å². The van der Waals surface area contributed by atoms with Crippen LogP contribution in [0, 0.1) is 0 Å². The summed E-state index contributed by atoms with van der Waals surface area (Å²) in [6.07, 6.45) is 1.73. The molecule has 9 heteroatoms. The second-order valence-corrected chi connectivity index (χ2v) is 5.12. The third kappa shape index (κ3) is 3.87. The van der Waals surface area contributed by atoms with Gasteiger partial charge in [0.1, 0.15) is 5.82 Å². The number of aliphatic hydroxyl groups is 1. The molecule has 0 bridgehead atoms. The van der Waals surface area contributed by atoms with Crippen molar-refractivity contribution in [2.45, 2.75) is 0 Å². The molecule has 2 N–H and O–H groups in total. The minimum absolute atomic E-state index is 0.0147. The van der Waals surface area contributed by atoms with Crippen LogP contribution in [0.5, 0.6) is 6.01 Å². The Hall–Kier alpha value is -2.52. The van der Waals surface area contributed by atoms with Crippen molar-refractivity contribution in [1.82, 2.24) is 19.9 Å².